The first kappa shape index (κ1) is 14.8. The molecule has 0 saturated heterocycles. The molecule has 1 N–H and O–H groups in total. The minimum absolute atomic E-state index is 0.256. The van der Waals surface area contributed by atoms with E-state index < -0.39 is 0 Å². The van der Waals surface area contributed by atoms with Gasteiger partial charge >= 0.3 is 0 Å². The van der Waals surface area contributed by atoms with Gasteiger partial charge in [-0.25, -0.2) is 9.97 Å². The maximum Gasteiger partial charge on any atom is 0.183 e. The fraction of sp³-hybridized carbons (Fsp3) is 0.118. The van der Waals surface area contributed by atoms with Gasteiger partial charge in [0.05, 0.1) is 12.9 Å². The van der Waals surface area contributed by atoms with E-state index in [9.17, 15) is 0 Å². The maximum atomic E-state index is 9.04. The van der Waals surface area contributed by atoms with Crippen LogP contribution in [0.1, 0.15) is 17.0 Å². The summed E-state index contributed by atoms with van der Waals surface area (Å²) in [4.78, 5) is 8.10. The summed E-state index contributed by atoms with van der Waals surface area (Å²) < 4.78 is 10.8. The molecule has 6 nitrogen and oxygen atoms in total. The number of benzene rings is 1. The van der Waals surface area contributed by atoms with Gasteiger partial charge in [-0.2, -0.15) is 5.26 Å². The normalized spacial score (nSPS) is 10.2. The standard InChI is InChI=1S/C17H14N4O2/c18-10-16-17(20-7-6-19-16)21-14-4-1-3-13(9-14)11-22-12-15-5-2-8-23-15/h1-9H,11-12H2,(H,20,21). The van der Waals surface area contributed by atoms with Crippen molar-refractivity contribution in [1.29, 1.82) is 5.26 Å². The van der Waals surface area contributed by atoms with Gasteiger partial charge in [-0.05, 0) is 29.8 Å². The Labute approximate surface area is 133 Å². The van der Waals surface area contributed by atoms with Gasteiger partial charge in [-0.15, -0.1) is 0 Å². The van der Waals surface area contributed by atoms with E-state index in [-0.39, 0.29) is 5.69 Å². The molecule has 2 aromatic heterocycles. The molecule has 0 bridgehead atoms. The summed E-state index contributed by atoms with van der Waals surface area (Å²) in [5.41, 5.74) is 2.08. The lowest BCUT2D eigenvalue weighted by molar-refractivity contribution is 0.0930. The van der Waals surface area contributed by atoms with Gasteiger partial charge in [0.15, 0.2) is 11.5 Å². The highest BCUT2D eigenvalue weighted by Crippen LogP contribution is 2.18. The summed E-state index contributed by atoms with van der Waals surface area (Å²) in [6.45, 7) is 0.884. The first-order valence-electron chi connectivity index (χ1n) is 7.02. The lowest BCUT2D eigenvalue weighted by Crippen LogP contribution is -1.99. The molecule has 0 saturated carbocycles. The van der Waals surface area contributed by atoms with E-state index in [1.54, 1.807) is 12.5 Å². The second-order valence-corrected chi connectivity index (χ2v) is 4.76. The van der Waals surface area contributed by atoms with Gasteiger partial charge < -0.3 is 14.5 Å². The van der Waals surface area contributed by atoms with Crippen molar-refractivity contribution in [2.45, 2.75) is 13.2 Å². The van der Waals surface area contributed by atoms with Gasteiger partial charge in [0.1, 0.15) is 18.4 Å². The van der Waals surface area contributed by atoms with Crippen LogP contribution in [0.3, 0.4) is 0 Å². The van der Waals surface area contributed by atoms with Crippen molar-refractivity contribution < 1.29 is 9.15 Å². The number of ether oxygens (including phenoxy) is 1. The third-order valence-corrected chi connectivity index (χ3v) is 3.09. The third-order valence-electron chi connectivity index (χ3n) is 3.09. The Morgan fingerprint density at radius 2 is 2.04 bits per heavy atom. The molecule has 23 heavy (non-hydrogen) atoms. The van der Waals surface area contributed by atoms with E-state index in [0.717, 1.165) is 17.0 Å². The van der Waals surface area contributed by atoms with Crippen molar-refractivity contribution in [1.82, 2.24) is 9.97 Å². The Morgan fingerprint density at radius 1 is 1.13 bits per heavy atom. The predicted molar refractivity (Wildman–Crippen MR) is 83.7 cm³/mol. The molecule has 0 aliphatic heterocycles. The van der Waals surface area contributed by atoms with Crippen molar-refractivity contribution in [3.63, 3.8) is 0 Å². The number of hydrogen-bond acceptors (Lipinski definition) is 6. The minimum atomic E-state index is 0.256. The first-order valence-corrected chi connectivity index (χ1v) is 7.02. The highest BCUT2D eigenvalue weighted by molar-refractivity contribution is 5.60. The molecule has 0 spiro atoms. The molecular weight excluding hydrogens is 292 g/mol. The van der Waals surface area contributed by atoms with Crippen molar-refractivity contribution in [3.8, 4) is 6.07 Å². The van der Waals surface area contributed by atoms with E-state index in [4.69, 9.17) is 14.4 Å². The summed E-state index contributed by atoms with van der Waals surface area (Å²) in [5, 5.41) is 12.1. The van der Waals surface area contributed by atoms with Gasteiger partial charge in [-0.1, -0.05) is 12.1 Å². The zero-order valence-electron chi connectivity index (χ0n) is 12.3. The Balaban J connectivity index is 1.64. The number of furan rings is 1. The number of nitrogens with zero attached hydrogens (tertiary/aromatic N) is 3. The van der Waals surface area contributed by atoms with Crippen LogP contribution >= 0.6 is 0 Å². The molecule has 1 aromatic carbocycles. The van der Waals surface area contributed by atoms with Gasteiger partial charge in [0.2, 0.25) is 0 Å². The van der Waals surface area contributed by atoms with E-state index in [0.29, 0.717) is 19.0 Å². The topological polar surface area (TPSA) is 84.0 Å². The highest BCUT2D eigenvalue weighted by Gasteiger charge is 2.05. The van der Waals surface area contributed by atoms with Crippen molar-refractivity contribution in [2.24, 2.45) is 0 Å². The van der Waals surface area contributed by atoms with Crippen LogP contribution in [0.2, 0.25) is 0 Å². The van der Waals surface area contributed by atoms with Gasteiger partial charge in [-0.3, -0.25) is 0 Å². The van der Waals surface area contributed by atoms with Crippen molar-refractivity contribution in [3.05, 3.63) is 72.1 Å². The summed E-state index contributed by atoms with van der Waals surface area (Å²) in [6, 6.07) is 13.4. The van der Waals surface area contributed by atoms with E-state index in [1.165, 1.54) is 6.20 Å². The Bertz CT molecular complexity index is 809. The molecular formula is C17H14N4O2. The SMILES string of the molecule is N#Cc1nccnc1Nc1cccc(COCc2ccco2)c1. The number of rotatable bonds is 6. The van der Waals surface area contributed by atoms with Gasteiger partial charge in [0, 0.05) is 18.1 Å². The maximum absolute atomic E-state index is 9.04. The molecule has 0 aliphatic carbocycles. The van der Waals surface area contributed by atoms with Gasteiger partial charge in [0.25, 0.3) is 0 Å². The largest absolute Gasteiger partial charge is 0.467 e. The molecule has 0 aliphatic rings. The molecule has 3 rings (SSSR count). The quantitative estimate of drug-likeness (QED) is 0.751. The summed E-state index contributed by atoms with van der Waals surface area (Å²) >= 11 is 0. The molecule has 0 fully saturated rings. The fourth-order valence-electron chi connectivity index (χ4n) is 2.05. The molecule has 6 heteroatoms. The smallest absolute Gasteiger partial charge is 0.183 e. The molecule has 0 atom stereocenters. The number of aromatic nitrogens is 2. The zero-order valence-corrected chi connectivity index (χ0v) is 12.3. The highest BCUT2D eigenvalue weighted by atomic mass is 16.5. The average molecular weight is 306 g/mol. The van der Waals surface area contributed by atoms with Crippen LogP contribution in [-0.2, 0) is 18.0 Å². The number of nitriles is 1. The summed E-state index contributed by atoms with van der Waals surface area (Å²) in [6.07, 6.45) is 4.65. The zero-order chi connectivity index (χ0) is 15.9. The Morgan fingerprint density at radius 3 is 2.87 bits per heavy atom. The predicted octanol–water partition coefficient (Wildman–Crippen LogP) is 3.40. The number of hydrogen-bond donors (Lipinski definition) is 1. The van der Waals surface area contributed by atoms with E-state index in [2.05, 4.69) is 15.3 Å². The van der Waals surface area contributed by atoms with Crippen LogP contribution in [0.15, 0.2) is 59.5 Å². The van der Waals surface area contributed by atoms with Crippen LogP contribution in [0, 0.1) is 11.3 Å². The molecule has 0 unspecified atom stereocenters. The van der Waals surface area contributed by atoms with Crippen LogP contribution in [0.25, 0.3) is 0 Å². The fourth-order valence-corrected chi connectivity index (χ4v) is 2.05. The van der Waals surface area contributed by atoms with E-state index in [1.807, 2.05) is 42.5 Å². The third kappa shape index (κ3) is 3.93. The molecule has 3 aromatic rings. The van der Waals surface area contributed by atoms with Crippen LogP contribution in [0.5, 0.6) is 0 Å². The second-order valence-electron chi connectivity index (χ2n) is 4.76. The number of anilines is 2. The number of nitrogens with one attached hydrogen (secondary N) is 1. The van der Waals surface area contributed by atoms with Crippen molar-refractivity contribution in [2.75, 3.05) is 5.32 Å². The van der Waals surface area contributed by atoms with Crippen molar-refractivity contribution >= 4 is 11.5 Å². The average Bonchev–Trinajstić information content (AvgIpc) is 3.09. The van der Waals surface area contributed by atoms with E-state index >= 15 is 0 Å². The molecule has 0 amide bonds. The minimum Gasteiger partial charge on any atom is -0.467 e. The first-order chi connectivity index (χ1) is 11.3. The second kappa shape index (κ2) is 7.20. The summed E-state index contributed by atoms with van der Waals surface area (Å²) in [5.74, 6) is 1.22. The molecule has 0 radical (unpaired) electrons. The Hall–Kier alpha value is -3.17. The molecule has 114 valence electrons. The lowest BCUT2D eigenvalue weighted by atomic mass is 10.2. The monoisotopic (exact) mass is 306 g/mol. The van der Waals surface area contributed by atoms with Crippen LogP contribution in [-0.4, -0.2) is 9.97 Å². The Kier molecular flexibility index (Phi) is 4.62. The van der Waals surface area contributed by atoms with Crippen LogP contribution in [0.4, 0.5) is 11.5 Å². The molecule has 2 heterocycles. The lowest BCUT2D eigenvalue weighted by Gasteiger charge is -2.08. The summed E-state index contributed by atoms with van der Waals surface area (Å²) in [7, 11) is 0. The van der Waals surface area contributed by atoms with Crippen LogP contribution < -0.4 is 5.32 Å².